The molecule has 1 N–H and O–H groups in total. The van der Waals surface area contributed by atoms with Crippen molar-refractivity contribution in [2.45, 2.75) is 59.3 Å². The van der Waals surface area contributed by atoms with E-state index < -0.39 is 0 Å². The second-order valence-corrected chi connectivity index (χ2v) is 15.4. The number of hydrogen-bond donors (Lipinski definition) is 1. The smallest absolute Gasteiger partial charge is 0.160 e. The molecule has 50 heavy (non-hydrogen) atoms. The van der Waals surface area contributed by atoms with Crippen LogP contribution in [0.3, 0.4) is 0 Å². The number of nitrogens with zero attached hydrogens (tertiary/aromatic N) is 4. The molecule has 3 heterocycles. The number of aryl methyl sites for hydroxylation is 2. The lowest BCUT2D eigenvalue weighted by molar-refractivity contribution is 0.446. The first-order valence-electron chi connectivity index (χ1n) is 17.2. The second-order valence-electron chi connectivity index (χ2n) is 15.4. The Morgan fingerprint density at radius 2 is 1.26 bits per heavy atom. The molecule has 0 radical (unpaired) electrons. The number of rotatable bonds is 5. The normalized spacial score (nSPS) is 12.1. The Morgan fingerprint density at radius 3 is 1.96 bits per heavy atom. The van der Waals surface area contributed by atoms with Gasteiger partial charge >= 0.3 is 0 Å². The summed E-state index contributed by atoms with van der Waals surface area (Å²) in [5.74, 6) is 0.955. The highest BCUT2D eigenvalue weighted by atomic mass is 16.3. The SMILES string of the molecule is Cc1cnc(-c2cccc(-c3ccnc4c3nc(-c3cc(C(C)(C)C)cc(C(C)(C)C)c3O)n4C)c2)cc1-c1ccc(-c2ccccc2)cc1. The topological polar surface area (TPSA) is 63.8 Å². The summed E-state index contributed by atoms with van der Waals surface area (Å²) in [6, 6.07) is 36.1. The molecule has 7 rings (SSSR count). The maximum Gasteiger partial charge on any atom is 0.160 e. The molecular formula is C45H44N4O. The lowest BCUT2D eigenvalue weighted by Gasteiger charge is -2.27. The average Bonchev–Trinajstić information content (AvgIpc) is 3.44. The number of benzene rings is 4. The minimum atomic E-state index is -0.246. The minimum absolute atomic E-state index is 0.105. The zero-order chi connectivity index (χ0) is 35.4. The number of aromatic hydroxyl groups is 1. The Hall–Kier alpha value is -5.55. The Balaban J connectivity index is 1.29. The van der Waals surface area contributed by atoms with E-state index in [9.17, 15) is 5.11 Å². The number of aromatic nitrogens is 4. The molecule has 5 heteroatoms. The fraction of sp³-hybridized carbons (Fsp3) is 0.222. The van der Waals surface area contributed by atoms with E-state index >= 15 is 0 Å². The number of phenolic OH excluding ortho intramolecular Hbond substituents is 1. The number of fused-ring (bicyclic) bond motifs is 1. The Bertz CT molecular complexity index is 2360. The fourth-order valence-electron chi connectivity index (χ4n) is 6.67. The third-order valence-corrected chi connectivity index (χ3v) is 9.66. The Labute approximate surface area is 295 Å². The Kier molecular flexibility index (Phi) is 8.18. The van der Waals surface area contributed by atoms with E-state index in [2.05, 4.69) is 139 Å². The van der Waals surface area contributed by atoms with E-state index in [-0.39, 0.29) is 16.6 Å². The molecule has 0 atom stereocenters. The zero-order valence-electron chi connectivity index (χ0n) is 30.2. The first kappa shape index (κ1) is 33.0. The number of pyridine rings is 2. The van der Waals surface area contributed by atoms with Gasteiger partial charge in [-0.25, -0.2) is 9.97 Å². The highest BCUT2D eigenvalue weighted by Crippen LogP contribution is 2.43. The van der Waals surface area contributed by atoms with Crippen molar-refractivity contribution >= 4 is 11.2 Å². The van der Waals surface area contributed by atoms with Crippen LogP contribution in [0.15, 0.2) is 116 Å². The molecule has 0 unspecified atom stereocenters. The van der Waals surface area contributed by atoms with E-state index in [1.54, 1.807) is 0 Å². The third-order valence-electron chi connectivity index (χ3n) is 9.66. The summed E-state index contributed by atoms with van der Waals surface area (Å²) in [5, 5.41) is 11.7. The van der Waals surface area contributed by atoms with Crippen molar-refractivity contribution in [1.82, 2.24) is 19.5 Å². The summed E-state index contributed by atoms with van der Waals surface area (Å²) in [5.41, 5.74) is 13.8. The number of phenols is 1. The van der Waals surface area contributed by atoms with Crippen LogP contribution in [0.1, 0.15) is 58.2 Å². The fourth-order valence-corrected chi connectivity index (χ4v) is 6.67. The van der Waals surface area contributed by atoms with Gasteiger partial charge in [0.2, 0.25) is 0 Å². The van der Waals surface area contributed by atoms with Gasteiger partial charge in [0.25, 0.3) is 0 Å². The van der Waals surface area contributed by atoms with Gasteiger partial charge in [-0.15, -0.1) is 0 Å². The highest BCUT2D eigenvalue weighted by Gasteiger charge is 2.28. The van der Waals surface area contributed by atoms with E-state index in [1.165, 1.54) is 11.1 Å². The molecule has 0 bridgehead atoms. The molecule has 5 nitrogen and oxygen atoms in total. The van der Waals surface area contributed by atoms with Crippen LogP contribution >= 0.6 is 0 Å². The monoisotopic (exact) mass is 656 g/mol. The molecule has 250 valence electrons. The summed E-state index contributed by atoms with van der Waals surface area (Å²) < 4.78 is 1.99. The van der Waals surface area contributed by atoms with Crippen molar-refractivity contribution in [3.8, 4) is 61.8 Å². The summed E-state index contributed by atoms with van der Waals surface area (Å²) in [4.78, 5) is 14.8. The molecule has 0 saturated heterocycles. The summed E-state index contributed by atoms with van der Waals surface area (Å²) in [6.07, 6.45) is 3.80. The predicted molar refractivity (Wildman–Crippen MR) is 207 cm³/mol. The highest BCUT2D eigenvalue weighted by molar-refractivity contribution is 5.93. The number of imidazole rings is 1. The zero-order valence-corrected chi connectivity index (χ0v) is 30.2. The van der Waals surface area contributed by atoms with Crippen LogP contribution in [0.2, 0.25) is 0 Å². The Morgan fingerprint density at radius 1 is 0.600 bits per heavy atom. The predicted octanol–water partition coefficient (Wildman–Crippen LogP) is 11.3. The van der Waals surface area contributed by atoms with Crippen LogP contribution in [0.5, 0.6) is 5.75 Å². The van der Waals surface area contributed by atoms with Gasteiger partial charge in [0.05, 0.1) is 11.3 Å². The number of hydrogen-bond acceptors (Lipinski definition) is 4. The first-order valence-corrected chi connectivity index (χ1v) is 17.2. The standard InChI is InChI=1S/C45H44N4O/c1-28-27-47-39(26-36(28)31-19-17-30(18-20-31)29-13-10-9-11-14-29)33-16-12-15-32(23-33)35-21-22-46-43-40(35)48-42(49(43)8)37-24-34(44(2,3)4)25-38(41(37)50)45(5,6)7/h9-27,50H,1-8H3. The van der Waals surface area contributed by atoms with Crippen molar-refractivity contribution in [3.05, 3.63) is 132 Å². The van der Waals surface area contributed by atoms with Crippen molar-refractivity contribution < 1.29 is 5.11 Å². The summed E-state index contributed by atoms with van der Waals surface area (Å²) in [6.45, 7) is 15.1. The van der Waals surface area contributed by atoms with Crippen molar-refractivity contribution in [3.63, 3.8) is 0 Å². The molecular weight excluding hydrogens is 613 g/mol. The van der Waals surface area contributed by atoms with E-state index in [0.29, 0.717) is 5.82 Å². The maximum absolute atomic E-state index is 11.7. The third kappa shape index (κ3) is 6.09. The van der Waals surface area contributed by atoms with Gasteiger partial charge in [0, 0.05) is 36.1 Å². The van der Waals surface area contributed by atoms with E-state index in [0.717, 1.165) is 66.9 Å². The van der Waals surface area contributed by atoms with Crippen molar-refractivity contribution in [2.75, 3.05) is 0 Å². The largest absolute Gasteiger partial charge is 0.507 e. The molecule has 0 spiro atoms. The van der Waals surface area contributed by atoms with Crippen LogP contribution in [-0.2, 0) is 17.9 Å². The quantitative estimate of drug-likeness (QED) is 0.200. The molecule has 0 aliphatic rings. The van der Waals surface area contributed by atoms with Crippen LogP contribution in [0.25, 0.3) is 67.2 Å². The van der Waals surface area contributed by atoms with E-state index in [4.69, 9.17) is 15.0 Å². The van der Waals surface area contributed by atoms with Crippen molar-refractivity contribution in [1.29, 1.82) is 0 Å². The molecule has 3 aromatic heterocycles. The van der Waals surface area contributed by atoms with Crippen molar-refractivity contribution in [2.24, 2.45) is 7.05 Å². The second kappa shape index (κ2) is 12.4. The molecule has 0 aliphatic carbocycles. The first-order chi connectivity index (χ1) is 23.8. The summed E-state index contributed by atoms with van der Waals surface area (Å²) >= 11 is 0. The van der Waals surface area contributed by atoms with E-state index in [1.807, 2.05) is 36.1 Å². The van der Waals surface area contributed by atoms with Gasteiger partial charge in [-0.2, -0.15) is 0 Å². The van der Waals surface area contributed by atoms with Gasteiger partial charge in [-0.1, -0.05) is 120 Å². The molecule has 0 amide bonds. The lowest BCUT2D eigenvalue weighted by Crippen LogP contribution is -2.17. The van der Waals surface area contributed by atoms with Crippen LogP contribution in [-0.4, -0.2) is 24.6 Å². The molecule has 7 aromatic rings. The van der Waals surface area contributed by atoms with Gasteiger partial charge in [0.15, 0.2) is 5.65 Å². The van der Waals surface area contributed by atoms with Crippen LogP contribution in [0.4, 0.5) is 0 Å². The van der Waals surface area contributed by atoms with Gasteiger partial charge in [0.1, 0.15) is 17.1 Å². The summed E-state index contributed by atoms with van der Waals surface area (Å²) in [7, 11) is 1.97. The molecule has 4 aromatic carbocycles. The van der Waals surface area contributed by atoms with Gasteiger partial charge in [-0.05, 0) is 81.0 Å². The lowest BCUT2D eigenvalue weighted by atomic mass is 9.79. The van der Waals surface area contributed by atoms with Crippen LogP contribution < -0.4 is 0 Å². The van der Waals surface area contributed by atoms with Gasteiger partial charge in [-0.3, -0.25) is 4.98 Å². The average molecular weight is 657 g/mol. The maximum atomic E-state index is 11.7. The van der Waals surface area contributed by atoms with Crippen LogP contribution in [0, 0.1) is 6.92 Å². The van der Waals surface area contributed by atoms with Gasteiger partial charge < -0.3 is 9.67 Å². The minimum Gasteiger partial charge on any atom is -0.507 e. The molecule has 0 aliphatic heterocycles. The molecule has 0 saturated carbocycles. The molecule has 0 fully saturated rings.